The molecule has 0 heterocycles. The van der Waals surface area contributed by atoms with Crippen molar-refractivity contribution < 1.29 is 14.3 Å². The second kappa shape index (κ2) is 7.50. The zero-order chi connectivity index (χ0) is 11.0. The zero-order valence-corrected chi connectivity index (χ0v) is 8.91. The highest BCUT2D eigenvalue weighted by atomic mass is 16.5. The Morgan fingerprint density at radius 3 is 2.43 bits per heavy atom. The first-order valence-electron chi connectivity index (χ1n) is 4.90. The SMILES string of the molecule is COC(=O)C(N)CCCCCC(C)=O. The third-order valence-electron chi connectivity index (χ3n) is 2.05. The molecule has 0 saturated carbocycles. The van der Waals surface area contributed by atoms with Crippen molar-refractivity contribution >= 4 is 11.8 Å². The number of nitrogens with two attached hydrogens (primary N) is 1. The molecule has 0 rings (SSSR count). The molecule has 1 atom stereocenters. The highest BCUT2D eigenvalue weighted by molar-refractivity contribution is 5.75. The van der Waals surface area contributed by atoms with E-state index in [0.717, 1.165) is 19.3 Å². The molecule has 14 heavy (non-hydrogen) atoms. The number of ether oxygens (including phenoxy) is 1. The standard InChI is InChI=1S/C10H19NO3/c1-8(12)6-4-3-5-7-9(11)10(13)14-2/h9H,3-7,11H2,1-2H3. The van der Waals surface area contributed by atoms with Gasteiger partial charge >= 0.3 is 5.97 Å². The quantitative estimate of drug-likeness (QED) is 0.493. The number of ketones is 1. The van der Waals surface area contributed by atoms with E-state index in [2.05, 4.69) is 4.74 Å². The number of carbonyl (C=O) groups is 2. The maximum Gasteiger partial charge on any atom is 0.322 e. The van der Waals surface area contributed by atoms with E-state index < -0.39 is 6.04 Å². The van der Waals surface area contributed by atoms with Crippen LogP contribution in [0.4, 0.5) is 0 Å². The Labute approximate surface area is 84.8 Å². The van der Waals surface area contributed by atoms with Gasteiger partial charge in [-0.15, -0.1) is 0 Å². The molecule has 0 aromatic carbocycles. The molecule has 0 aromatic heterocycles. The van der Waals surface area contributed by atoms with Gasteiger partial charge in [-0.25, -0.2) is 0 Å². The molecule has 4 nitrogen and oxygen atoms in total. The van der Waals surface area contributed by atoms with Crippen molar-refractivity contribution in [1.29, 1.82) is 0 Å². The number of hydrogen-bond donors (Lipinski definition) is 1. The van der Waals surface area contributed by atoms with Crippen LogP contribution in [0.15, 0.2) is 0 Å². The molecule has 82 valence electrons. The lowest BCUT2D eigenvalue weighted by Gasteiger charge is -2.07. The average Bonchev–Trinajstić information content (AvgIpc) is 2.15. The number of carbonyl (C=O) groups excluding carboxylic acids is 2. The van der Waals surface area contributed by atoms with Gasteiger partial charge in [0, 0.05) is 6.42 Å². The topological polar surface area (TPSA) is 69.4 Å². The third kappa shape index (κ3) is 6.60. The highest BCUT2D eigenvalue weighted by Gasteiger charge is 2.12. The summed E-state index contributed by atoms with van der Waals surface area (Å²) >= 11 is 0. The lowest BCUT2D eigenvalue weighted by Crippen LogP contribution is -2.31. The predicted octanol–water partition coefficient (Wildman–Crippen LogP) is 1.03. The Balaban J connectivity index is 3.36. The highest BCUT2D eigenvalue weighted by Crippen LogP contribution is 2.05. The van der Waals surface area contributed by atoms with Gasteiger partial charge in [-0.3, -0.25) is 4.79 Å². The molecule has 4 heteroatoms. The molecule has 0 aromatic rings. The van der Waals surface area contributed by atoms with Gasteiger partial charge in [0.05, 0.1) is 7.11 Å². The van der Waals surface area contributed by atoms with Gasteiger partial charge in [0.15, 0.2) is 0 Å². The second-order valence-corrected chi connectivity index (χ2v) is 3.43. The fourth-order valence-corrected chi connectivity index (χ4v) is 1.18. The third-order valence-corrected chi connectivity index (χ3v) is 2.05. The minimum absolute atomic E-state index is 0.210. The van der Waals surface area contributed by atoms with E-state index in [1.165, 1.54) is 7.11 Å². The van der Waals surface area contributed by atoms with Crippen molar-refractivity contribution in [3.05, 3.63) is 0 Å². The normalized spacial score (nSPS) is 12.2. The van der Waals surface area contributed by atoms with Gasteiger partial charge in [0.1, 0.15) is 11.8 Å². The molecule has 0 bridgehead atoms. The zero-order valence-electron chi connectivity index (χ0n) is 8.91. The first kappa shape index (κ1) is 13.1. The molecule has 2 N–H and O–H groups in total. The molecule has 0 fully saturated rings. The van der Waals surface area contributed by atoms with Crippen molar-refractivity contribution in [1.82, 2.24) is 0 Å². The number of esters is 1. The number of hydrogen-bond acceptors (Lipinski definition) is 4. The van der Waals surface area contributed by atoms with Crippen molar-refractivity contribution in [3.63, 3.8) is 0 Å². The summed E-state index contributed by atoms with van der Waals surface area (Å²) in [6.45, 7) is 1.58. The van der Waals surface area contributed by atoms with Crippen LogP contribution in [-0.2, 0) is 14.3 Å². The Hall–Kier alpha value is -0.900. The lowest BCUT2D eigenvalue weighted by atomic mass is 10.1. The fourth-order valence-electron chi connectivity index (χ4n) is 1.18. The molecular formula is C10H19NO3. The van der Waals surface area contributed by atoms with Crippen LogP contribution in [0.25, 0.3) is 0 Å². The van der Waals surface area contributed by atoms with Crippen LogP contribution in [0.3, 0.4) is 0 Å². The number of unbranched alkanes of at least 4 members (excludes halogenated alkanes) is 2. The maximum atomic E-state index is 10.9. The van der Waals surface area contributed by atoms with Crippen molar-refractivity contribution in [2.45, 2.75) is 45.1 Å². The molecule has 0 aliphatic rings. The molecule has 0 saturated heterocycles. The van der Waals surface area contributed by atoms with Crippen LogP contribution in [0, 0.1) is 0 Å². The van der Waals surface area contributed by atoms with Gasteiger partial charge in [0.25, 0.3) is 0 Å². The summed E-state index contributed by atoms with van der Waals surface area (Å²) in [5.74, 6) is -0.154. The summed E-state index contributed by atoms with van der Waals surface area (Å²) in [7, 11) is 1.33. The van der Waals surface area contributed by atoms with Crippen LogP contribution in [-0.4, -0.2) is 24.9 Å². The van der Waals surface area contributed by atoms with Crippen molar-refractivity contribution in [3.8, 4) is 0 Å². The van der Waals surface area contributed by atoms with Crippen LogP contribution in [0.1, 0.15) is 39.0 Å². The second-order valence-electron chi connectivity index (χ2n) is 3.43. The van der Waals surface area contributed by atoms with Crippen LogP contribution in [0.2, 0.25) is 0 Å². The summed E-state index contributed by atoms with van der Waals surface area (Å²) in [5, 5.41) is 0. The minimum Gasteiger partial charge on any atom is -0.468 e. The monoisotopic (exact) mass is 201 g/mol. The lowest BCUT2D eigenvalue weighted by molar-refractivity contribution is -0.142. The van der Waals surface area contributed by atoms with E-state index in [4.69, 9.17) is 5.73 Å². The predicted molar refractivity (Wildman–Crippen MR) is 53.8 cm³/mol. The van der Waals surface area contributed by atoms with E-state index in [-0.39, 0.29) is 11.8 Å². The Kier molecular flexibility index (Phi) is 7.02. The largest absolute Gasteiger partial charge is 0.468 e. The van der Waals surface area contributed by atoms with E-state index in [0.29, 0.717) is 12.8 Å². The Bertz CT molecular complexity index is 192. The van der Waals surface area contributed by atoms with Gasteiger partial charge in [0.2, 0.25) is 0 Å². The molecule has 1 unspecified atom stereocenters. The van der Waals surface area contributed by atoms with E-state index in [9.17, 15) is 9.59 Å². The van der Waals surface area contributed by atoms with Gasteiger partial charge < -0.3 is 15.3 Å². The molecule has 0 aliphatic heterocycles. The summed E-state index contributed by atoms with van der Waals surface area (Å²) in [6, 6.07) is -0.516. The number of methoxy groups -OCH3 is 1. The van der Waals surface area contributed by atoms with E-state index in [1.54, 1.807) is 6.92 Å². The first-order valence-corrected chi connectivity index (χ1v) is 4.90. The summed E-state index contributed by atoms with van der Waals surface area (Å²) in [6.07, 6.45) is 3.93. The number of Topliss-reactive ketones (excluding diaryl/α,β-unsaturated/α-hetero) is 1. The Morgan fingerprint density at radius 1 is 1.29 bits per heavy atom. The minimum atomic E-state index is -0.516. The van der Waals surface area contributed by atoms with Gasteiger partial charge in [-0.2, -0.15) is 0 Å². The molecule has 0 radical (unpaired) electrons. The first-order chi connectivity index (χ1) is 6.57. The molecular weight excluding hydrogens is 182 g/mol. The fraction of sp³-hybridized carbons (Fsp3) is 0.800. The van der Waals surface area contributed by atoms with E-state index in [1.807, 2.05) is 0 Å². The summed E-state index contributed by atoms with van der Waals surface area (Å²) in [5.41, 5.74) is 5.53. The molecule has 0 amide bonds. The molecule has 0 aliphatic carbocycles. The van der Waals surface area contributed by atoms with Crippen LogP contribution >= 0.6 is 0 Å². The maximum absolute atomic E-state index is 10.9. The molecule has 0 spiro atoms. The average molecular weight is 201 g/mol. The van der Waals surface area contributed by atoms with Gasteiger partial charge in [-0.05, 0) is 19.8 Å². The smallest absolute Gasteiger partial charge is 0.322 e. The van der Waals surface area contributed by atoms with Crippen LogP contribution < -0.4 is 5.73 Å². The van der Waals surface area contributed by atoms with Gasteiger partial charge in [-0.1, -0.05) is 12.8 Å². The van der Waals surface area contributed by atoms with E-state index >= 15 is 0 Å². The van der Waals surface area contributed by atoms with Crippen LogP contribution in [0.5, 0.6) is 0 Å². The van der Waals surface area contributed by atoms with Crippen molar-refractivity contribution in [2.75, 3.05) is 7.11 Å². The van der Waals surface area contributed by atoms with Crippen molar-refractivity contribution in [2.24, 2.45) is 5.73 Å². The summed E-state index contributed by atoms with van der Waals surface area (Å²) < 4.78 is 4.49. The Morgan fingerprint density at radius 2 is 1.93 bits per heavy atom. The summed E-state index contributed by atoms with van der Waals surface area (Å²) in [4.78, 5) is 21.5. The number of rotatable bonds is 7.